The predicted molar refractivity (Wildman–Crippen MR) is 68.7 cm³/mol. The van der Waals surface area contributed by atoms with Crippen LogP contribution in [0.4, 0.5) is 5.69 Å². The van der Waals surface area contributed by atoms with E-state index in [1.54, 1.807) is 25.4 Å². The highest BCUT2D eigenvalue weighted by Gasteiger charge is 2.16. The van der Waals surface area contributed by atoms with E-state index in [1.165, 1.54) is 0 Å². The first-order valence-corrected chi connectivity index (χ1v) is 5.70. The van der Waals surface area contributed by atoms with Gasteiger partial charge < -0.3 is 15.0 Å². The number of hydrogen-bond acceptors (Lipinski definition) is 4. The molecule has 2 N–H and O–H groups in total. The summed E-state index contributed by atoms with van der Waals surface area (Å²) in [6, 6.07) is 7.36. The topological polar surface area (TPSA) is 70.1 Å². The van der Waals surface area contributed by atoms with Crippen molar-refractivity contribution in [1.82, 2.24) is 9.55 Å². The smallest absolute Gasteiger partial charge is 0.358 e. The third kappa shape index (κ3) is 2.20. The highest BCUT2D eigenvalue weighted by molar-refractivity contribution is 5.88. The van der Waals surface area contributed by atoms with Crippen molar-refractivity contribution < 1.29 is 9.53 Å². The zero-order valence-electron chi connectivity index (χ0n) is 10.4. The summed E-state index contributed by atoms with van der Waals surface area (Å²) in [4.78, 5) is 15.7. The average Bonchev–Trinajstić information content (AvgIpc) is 2.73. The summed E-state index contributed by atoms with van der Waals surface area (Å²) in [7, 11) is 0. The zero-order chi connectivity index (χ0) is 13.1. The Hall–Kier alpha value is -2.30. The predicted octanol–water partition coefficient (Wildman–Crippen LogP) is 1.94. The molecule has 5 nitrogen and oxygen atoms in total. The van der Waals surface area contributed by atoms with Crippen molar-refractivity contribution in [3.63, 3.8) is 0 Å². The molecule has 0 spiro atoms. The summed E-state index contributed by atoms with van der Waals surface area (Å²) in [6.07, 6.45) is 1.60. The Morgan fingerprint density at radius 2 is 2.06 bits per heavy atom. The number of ether oxygens (including phenoxy) is 1. The van der Waals surface area contributed by atoms with Crippen LogP contribution in [0.1, 0.15) is 23.1 Å². The maximum atomic E-state index is 11.6. The lowest BCUT2D eigenvalue weighted by atomic mass is 10.2. The molecule has 18 heavy (non-hydrogen) atoms. The van der Waals surface area contributed by atoms with E-state index >= 15 is 0 Å². The number of nitrogens with zero attached hydrogens (tertiary/aromatic N) is 2. The van der Waals surface area contributed by atoms with E-state index in [0.717, 1.165) is 11.4 Å². The molecule has 0 bridgehead atoms. The molecule has 1 aromatic heterocycles. The summed E-state index contributed by atoms with van der Waals surface area (Å²) in [5, 5.41) is 0. The molecule has 1 heterocycles. The highest BCUT2D eigenvalue weighted by Crippen LogP contribution is 2.16. The summed E-state index contributed by atoms with van der Waals surface area (Å²) in [5.74, 6) is -0.399. The van der Waals surface area contributed by atoms with Crippen LogP contribution in [0.2, 0.25) is 0 Å². The lowest BCUT2D eigenvalue weighted by Crippen LogP contribution is -2.07. The van der Waals surface area contributed by atoms with Gasteiger partial charge in [-0.1, -0.05) is 0 Å². The van der Waals surface area contributed by atoms with Crippen molar-refractivity contribution in [1.29, 1.82) is 0 Å². The normalized spacial score (nSPS) is 10.3. The van der Waals surface area contributed by atoms with Crippen molar-refractivity contribution >= 4 is 11.7 Å². The van der Waals surface area contributed by atoms with Crippen LogP contribution >= 0.6 is 0 Å². The first-order chi connectivity index (χ1) is 8.63. The van der Waals surface area contributed by atoms with Crippen LogP contribution < -0.4 is 5.73 Å². The lowest BCUT2D eigenvalue weighted by molar-refractivity contribution is 0.0519. The fraction of sp³-hybridized carbons (Fsp3) is 0.231. The summed E-state index contributed by atoms with van der Waals surface area (Å²) >= 11 is 0. The molecule has 0 unspecified atom stereocenters. The van der Waals surface area contributed by atoms with E-state index < -0.39 is 5.97 Å². The molecule has 5 heteroatoms. The number of aromatic nitrogens is 2. The van der Waals surface area contributed by atoms with Crippen LogP contribution in [0.25, 0.3) is 5.69 Å². The van der Waals surface area contributed by atoms with E-state index in [0.29, 0.717) is 18.0 Å². The fourth-order valence-electron chi connectivity index (χ4n) is 1.70. The molecule has 0 saturated carbocycles. The molecule has 1 aromatic carbocycles. The van der Waals surface area contributed by atoms with Gasteiger partial charge in [0, 0.05) is 11.4 Å². The molecule has 0 fully saturated rings. The Bertz CT molecular complexity index is 558. The van der Waals surface area contributed by atoms with Gasteiger partial charge >= 0.3 is 5.97 Å². The van der Waals surface area contributed by atoms with Crippen LogP contribution in [0, 0.1) is 6.92 Å². The molecule has 0 aliphatic carbocycles. The SMILES string of the molecule is CCOC(=O)c1ncn(-c2ccc(N)cc2)c1C. The molecule has 2 aromatic rings. The third-order valence-corrected chi connectivity index (χ3v) is 2.65. The van der Waals surface area contributed by atoms with E-state index in [-0.39, 0.29) is 0 Å². The number of benzene rings is 1. The van der Waals surface area contributed by atoms with Gasteiger partial charge in [0.05, 0.1) is 12.3 Å². The second-order valence-electron chi connectivity index (χ2n) is 3.86. The van der Waals surface area contributed by atoms with Gasteiger partial charge in [-0.25, -0.2) is 9.78 Å². The molecule has 0 aliphatic rings. The number of nitrogens with two attached hydrogens (primary N) is 1. The second kappa shape index (κ2) is 4.91. The van der Waals surface area contributed by atoms with Crippen LogP contribution in [-0.2, 0) is 4.74 Å². The maximum absolute atomic E-state index is 11.6. The van der Waals surface area contributed by atoms with Crippen molar-refractivity contribution in [2.75, 3.05) is 12.3 Å². The van der Waals surface area contributed by atoms with Crippen LogP contribution in [-0.4, -0.2) is 22.1 Å². The largest absolute Gasteiger partial charge is 0.461 e. The van der Waals surface area contributed by atoms with E-state index in [9.17, 15) is 4.79 Å². The van der Waals surface area contributed by atoms with Crippen LogP contribution in [0.5, 0.6) is 0 Å². The summed E-state index contributed by atoms with van der Waals surface area (Å²) in [6.45, 7) is 3.94. The quantitative estimate of drug-likeness (QED) is 0.662. The molecule has 0 aliphatic heterocycles. The van der Waals surface area contributed by atoms with Crippen molar-refractivity contribution in [3.8, 4) is 5.69 Å². The minimum atomic E-state index is -0.399. The number of esters is 1. The van der Waals surface area contributed by atoms with Gasteiger partial charge in [-0.15, -0.1) is 0 Å². The van der Waals surface area contributed by atoms with Gasteiger partial charge in [-0.2, -0.15) is 0 Å². The Morgan fingerprint density at radius 3 is 2.67 bits per heavy atom. The van der Waals surface area contributed by atoms with E-state index in [4.69, 9.17) is 10.5 Å². The molecule has 0 amide bonds. The fourth-order valence-corrected chi connectivity index (χ4v) is 1.70. The van der Waals surface area contributed by atoms with Crippen molar-refractivity contribution in [3.05, 3.63) is 42.0 Å². The molecular formula is C13H15N3O2. The minimum Gasteiger partial charge on any atom is -0.461 e. The standard InChI is InChI=1S/C13H15N3O2/c1-3-18-13(17)12-9(2)16(8-15-12)11-6-4-10(14)5-7-11/h4-8H,3,14H2,1-2H3. The third-order valence-electron chi connectivity index (χ3n) is 2.65. The number of anilines is 1. The molecule has 94 valence electrons. The molecule has 0 saturated heterocycles. The monoisotopic (exact) mass is 245 g/mol. The lowest BCUT2D eigenvalue weighted by Gasteiger charge is -2.06. The maximum Gasteiger partial charge on any atom is 0.358 e. The Morgan fingerprint density at radius 1 is 1.39 bits per heavy atom. The number of carbonyl (C=O) groups excluding carboxylic acids is 1. The molecule has 0 atom stereocenters. The highest BCUT2D eigenvalue weighted by atomic mass is 16.5. The van der Waals surface area contributed by atoms with Crippen LogP contribution in [0.15, 0.2) is 30.6 Å². The molecule has 2 rings (SSSR count). The number of carbonyl (C=O) groups is 1. The summed E-state index contributed by atoms with van der Waals surface area (Å²) < 4.78 is 6.77. The Labute approximate surface area is 105 Å². The first kappa shape index (κ1) is 12.2. The number of imidazole rings is 1. The minimum absolute atomic E-state index is 0.340. The number of rotatable bonds is 3. The zero-order valence-corrected chi connectivity index (χ0v) is 10.4. The van der Waals surface area contributed by atoms with Gasteiger partial charge in [0.15, 0.2) is 5.69 Å². The first-order valence-electron chi connectivity index (χ1n) is 5.70. The van der Waals surface area contributed by atoms with Crippen molar-refractivity contribution in [2.24, 2.45) is 0 Å². The van der Waals surface area contributed by atoms with Gasteiger partial charge in [0.2, 0.25) is 0 Å². The van der Waals surface area contributed by atoms with Gasteiger partial charge in [-0.3, -0.25) is 0 Å². The molecule has 0 radical (unpaired) electrons. The number of hydrogen-bond donors (Lipinski definition) is 1. The average molecular weight is 245 g/mol. The van der Waals surface area contributed by atoms with Gasteiger partial charge in [0.1, 0.15) is 6.33 Å². The number of nitrogen functional groups attached to an aromatic ring is 1. The van der Waals surface area contributed by atoms with Crippen LogP contribution in [0.3, 0.4) is 0 Å². The second-order valence-corrected chi connectivity index (χ2v) is 3.86. The molecular weight excluding hydrogens is 230 g/mol. The van der Waals surface area contributed by atoms with Crippen molar-refractivity contribution in [2.45, 2.75) is 13.8 Å². The van der Waals surface area contributed by atoms with Gasteiger partial charge in [0.25, 0.3) is 0 Å². The Balaban J connectivity index is 2.36. The Kier molecular flexibility index (Phi) is 3.32. The summed E-state index contributed by atoms with van der Waals surface area (Å²) in [5.41, 5.74) is 8.33. The van der Waals surface area contributed by atoms with E-state index in [1.807, 2.05) is 23.6 Å². The van der Waals surface area contributed by atoms with E-state index in [2.05, 4.69) is 4.98 Å². The van der Waals surface area contributed by atoms with Gasteiger partial charge in [-0.05, 0) is 38.1 Å².